The van der Waals surface area contributed by atoms with Crippen LogP contribution in [0.2, 0.25) is 0 Å². The summed E-state index contributed by atoms with van der Waals surface area (Å²) >= 11 is 0. The molecule has 70 valence electrons. The second kappa shape index (κ2) is 4.42. The molecule has 0 aromatic carbocycles. The van der Waals surface area contributed by atoms with Gasteiger partial charge in [0.1, 0.15) is 0 Å². The Kier molecular flexibility index (Phi) is 3.49. The minimum absolute atomic E-state index is 0.163. The van der Waals surface area contributed by atoms with Crippen LogP contribution in [0.25, 0.3) is 0 Å². The quantitative estimate of drug-likeness (QED) is 0.545. The largest absolute Gasteiger partial charge is 0.389 e. The first-order chi connectivity index (χ1) is 5.74. The lowest BCUT2D eigenvalue weighted by Crippen LogP contribution is -2.53. The van der Waals surface area contributed by atoms with Gasteiger partial charge in [0.15, 0.2) is 0 Å². The van der Waals surface area contributed by atoms with Crippen LogP contribution in [0.15, 0.2) is 0 Å². The Morgan fingerprint density at radius 3 is 2.83 bits per heavy atom. The molecule has 1 aliphatic rings. The predicted octanol–water partition coefficient (Wildman–Crippen LogP) is -0.811. The number of β-amino-alcohol motifs (C(OH)–C–C–N with tert-alkyl or cyclic N) is 1. The molecule has 0 aromatic rings. The van der Waals surface area contributed by atoms with Gasteiger partial charge in [0.05, 0.1) is 6.10 Å². The summed E-state index contributed by atoms with van der Waals surface area (Å²) in [5, 5.41) is 11.9. The van der Waals surface area contributed by atoms with Gasteiger partial charge < -0.3 is 15.3 Å². The molecule has 0 saturated carbocycles. The van der Waals surface area contributed by atoms with E-state index in [4.69, 9.17) is 5.11 Å². The van der Waals surface area contributed by atoms with Crippen LogP contribution < -0.4 is 5.32 Å². The Morgan fingerprint density at radius 1 is 1.67 bits per heavy atom. The van der Waals surface area contributed by atoms with Crippen LogP contribution in [0, 0.1) is 0 Å². The second-order valence-corrected chi connectivity index (χ2v) is 3.16. The average molecular weight is 172 g/mol. The molecule has 0 aliphatic carbocycles. The molecular formula is C8H16N2O2. The lowest BCUT2D eigenvalue weighted by Gasteiger charge is -2.35. The van der Waals surface area contributed by atoms with Crippen molar-refractivity contribution < 1.29 is 9.90 Å². The average Bonchev–Trinajstić information content (AvgIpc) is 1.99. The van der Waals surface area contributed by atoms with Crippen LogP contribution in [0.3, 0.4) is 0 Å². The van der Waals surface area contributed by atoms with E-state index in [-0.39, 0.29) is 12.0 Å². The third-order valence-electron chi connectivity index (χ3n) is 2.03. The number of rotatable bonds is 4. The third-order valence-corrected chi connectivity index (χ3v) is 2.03. The van der Waals surface area contributed by atoms with Crippen molar-refractivity contribution in [1.82, 2.24) is 10.2 Å². The van der Waals surface area contributed by atoms with Gasteiger partial charge >= 0.3 is 0 Å². The number of aliphatic hydroxyl groups is 1. The van der Waals surface area contributed by atoms with Crippen LogP contribution in [0.4, 0.5) is 0 Å². The van der Waals surface area contributed by atoms with Gasteiger partial charge in [-0.1, -0.05) is 0 Å². The molecule has 0 unspecified atom stereocenters. The van der Waals surface area contributed by atoms with Gasteiger partial charge in [0.25, 0.3) is 0 Å². The summed E-state index contributed by atoms with van der Waals surface area (Å²) in [6, 6.07) is 0. The number of likely N-dealkylation sites (tertiary alicyclic amines) is 1. The number of carbonyl (C=O) groups excluding carboxylic acids is 1. The highest BCUT2D eigenvalue weighted by atomic mass is 16.3. The van der Waals surface area contributed by atoms with E-state index in [0.717, 1.165) is 13.0 Å². The summed E-state index contributed by atoms with van der Waals surface area (Å²) in [6.45, 7) is 1.93. The molecule has 0 atom stereocenters. The number of hydrogen-bond acceptors (Lipinski definition) is 3. The fourth-order valence-corrected chi connectivity index (χ4v) is 1.23. The summed E-state index contributed by atoms with van der Waals surface area (Å²) in [7, 11) is 1.87. The highest BCUT2D eigenvalue weighted by Crippen LogP contribution is 2.09. The van der Waals surface area contributed by atoms with Gasteiger partial charge in [-0.2, -0.15) is 0 Å². The first kappa shape index (κ1) is 9.48. The highest BCUT2D eigenvalue weighted by molar-refractivity contribution is 5.77. The van der Waals surface area contributed by atoms with Crippen LogP contribution in [0.1, 0.15) is 12.8 Å². The van der Waals surface area contributed by atoms with Crippen molar-refractivity contribution >= 4 is 5.91 Å². The van der Waals surface area contributed by atoms with Gasteiger partial charge in [-0.05, 0) is 20.0 Å². The Hall–Kier alpha value is -0.610. The number of carbonyl (C=O) groups is 1. The lowest BCUT2D eigenvalue weighted by atomic mass is 10.1. The molecule has 0 radical (unpaired) electrons. The van der Waals surface area contributed by atoms with Gasteiger partial charge in [0, 0.05) is 19.5 Å². The van der Waals surface area contributed by atoms with E-state index >= 15 is 0 Å². The van der Waals surface area contributed by atoms with E-state index < -0.39 is 0 Å². The number of aliphatic hydroxyl groups excluding tert-OH is 1. The van der Waals surface area contributed by atoms with Gasteiger partial charge in [-0.3, -0.25) is 4.79 Å². The molecule has 4 nitrogen and oxygen atoms in total. The maximum atomic E-state index is 11.2. The van der Waals surface area contributed by atoms with Crippen LogP contribution >= 0.6 is 0 Å². The van der Waals surface area contributed by atoms with Crippen LogP contribution in [0.5, 0.6) is 0 Å². The van der Waals surface area contributed by atoms with Crippen molar-refractivity contribution in [2.45, 2.75) is 18.9 Å². The summed E-state index contributed by atoms with van der Waals surface area (Å²) in [4.78, 5) is 12.9. The lowest BCUT2D eigenvalue weighted by molar-refractivity contribution is -0.141. The van der Waals surface area contributed by atoms with Crippen molar-refractivity contribution in [1.29, 1.82) is 0 Å². The Bertz CT molecular complexity index is 155. The Morgan fingerprint density at radius 2 is 2.33 bits per heavy atom. The minimum atomic E-state index is -0.279. The fraction of sp³-hybridized carbons (Fsp3) is 0.875. The van der Waals surface area contributed by atoms with Crippen molar-refractivity contribution in [3.63, 3.8) is 0 Å². The minimum Gasteiger partial charge on any atom is -0.389 e. The van der Waals surface area contributed by atoms with Crippen molar-refractivity contribution in [3.8, 4) is 0 Å². The molecule has 1 rings (SSSR count). The topological polar surface area (TPSA) is 52.6 Å². The SMILES string of the molecule is CNCCCC(=O)N1CC(O)C1. The summed E-state index contributed by atoms with van der Waals surface area (Å²) < 4.78 is 0. The molecule has 4 heteroatoms. The van der Waals surface area contributed by atoms with Gasteiger partial charge in [-0.25, -0.2) is 0 Å². The fourth-order valence-electron chi connectivity index (χ4n) is 1.23. The van der Waals surface area contributed by atoms with Crippen molar-refractivity contribution in [2.24, 2.45) is 0 Å². The van der Waals surface area contributed by atoms with Crippen molar-refractivity contribution in [3.05, 3.63) is 0 Å². The molecule has 1 aliphatic heterocycles. The smallest absolute Gasteiger partial charge is 0.222 e. The predicted molar refractivity (Wildman–Crippen MR) is 45.7 cm³/mol. The van der Waals surface area contributed by atoms with E-state index in [9.17, 15) is 4.79 Å². The second-order valence-electron chi connectivity index (χ2n) is 3.16. The molecule has 2 N–H and O–H groups in total. The summed E-state index contributed by atoms with van der Waals surface area (Å²) in [5.74, 6) is 0.163. The Balaban J connectivity index is 2.04. The molecule has 1 heterocycles. The first-order valence-corrected chi connectivity index (χ1v) is 4.34. The van der Waals surface area contributed by atoms with E-state index in [1.54, 1.807) is 4.90 Å². The normalized spacial score (nSPS) is 17.7. The maximum Gasteiger partial charge on any atom is 0.222 e. The number of amides is 1. The summed E-state index contributed by atoms with van der Waals surface area (Å²) in [6.07, 6.45) is 1.19. The monoisotopic (exact) mass is 172 g/mol. The van der Waals surface area contributed by atoms with Gasteiger partial charge in [-0.15, -0.1) is 0 Å². The van der Waals surface area contributed by atoms with E-state index in [1.807, 2.05) is 7.05 Å². The zero-order valence-electron chi connectivity index (χ0n) is 7.42. The molecule has 1 fully saturated rings. The van der Waals surface area contributed by atoms with E-state index in [2.05, 4.69) is 5.32 Å². The molecule has 12 heavy (non-hydrogen) atoms. The third kappa shape index (κ3) is 2.46. The van der Waals surface area contributed by atoms with Crippen LogP contribution in [-0.2, 0) is 4.79 Å². The molecule has 0 bridgehead atoms. The van der Waals surface area contributed by atoms with Crippen molar-refractivity contribution in [2.75, 3.05) is 26.7 Å². The van der Waals surface area contributed by atoms with E-state index in [1.165, 1.54) is 0 Å². The molecule has 0 aromatic heterocycles. The van der Waals surface area contributed by atoms with E-state index in [0.29, 0.717) is 19.5 Å². The summed E-state index contributed by atoms with van der Waals surface area (Å²) in [5.41, 5.74) is 0. The molecule has 1 amide bonds. The Labute approximate surface area is 72.6 Å². The number of hydrogen-bond donors (Lipinski definition) is 2. The number of nitrogens with zero attached hydrogens (tertiary/aromatic N) is 1. The van der Waals surface area contributed by atoms with Crippen LogP contribution in [-0.4, -0.2) is 48.7 Å². The highest BCUT2D eigenvalue weighted by Gasteiger charge is 2.27. The molecular weight excluding hydrogens is 156 g/mol. The number of nitrogens with one attached hydrogen (secondary N) is 1. The molecule has 1 saturated heterocycles. The zero-order valence-corrected chi connectivity index (χ0v) is 7.42. The maximum absolute atomic E-state index is 11.2. The zero-order chi connectivity index (χ0) is 8.97. The van der Waals surface area contributed by atoms with Gasteiger partial charge in [0.2, 0.25) is 5.91 Å². The molecule has 0 spiro atoms. The standard InChI is InChI=1S/C8H16N2O2/c1-9-4-2-3-8(12)10-5-7(11)6-10/h7,9,11H,2-6H2,1H3. The first-order valence-electron chi connectivity index (χ1n) is 4.34.